The van der Waals surface area contributed by atoms with Crippen LogP contribution in [0, 0.1) is 0 Å². The van der Waals surface area contributed by atoms with Gasteiger partial charge in [0.05, 0.1) is 53.8 Å². The third kappa shape index (κ3) is 8.47. The van der Waals surface area contributed by atoms with E-state index in [1.165, 1.54) is 22.3 Å². The average Bonchev–Trinajstić information content (AvgIpc) is 3.01. The predicted molar refractivity (Wildman–Crippen MR) is 156 cm³/mol. The zero-order chi connectivity index (χ0) is 29.8. The van der Waals surface area contributed by atoms with Crippen molar-refractivity contribution in [3.05, 3.63) is 46.5 Å². The fraction of sp³-hybridized carbons (Fsp3) is 0.613. The topological polar surface area (TPSA) is 91.3 Å². The zero-order valence-electron chi connectivity index (χ0n) is 25.7. The van der Waals surface area contributed by atoms with Gasteiger partial charge in [-0.2, -0.15) is 0 Å². The molecule has 2 atom stereocenters. The van der Waals surface area contributed by atoms with Crippen LogP contribution < -0.4 is 18.9 Å². The van der Waals surface area contributed by atoms with Gasteiger partial charge in [0.25, 0.3) is 0 Å². The minimum absolute atomic E-state index is 0.00977. The predicted octanol–water partition coefficient (Wildman–Crippen LogP) is 5.36. The maximum atomic E-state index is 9.41. The number of hydrogen-bond acceptors (Lipinski definition) is 10. The van der Waals surface area contributed by atoms with Crippen molar-refractivity contribution >= 4 is 0 Å². The Morgan fingerprint density at radius 2 is 1.34 bits per heavy atom. The summed E-state index contributed by atoms with van der Waals surface area (Å²) in [6.45, 7) is 7.65. The fourth-order valence-electron chi connectivity index (χ4n) is 5.39. The van der Waals surface area contributed by atoms with Crippen LogP contribution in [0.5, 0.6) is 23.0 Å². The van der Waals surface area contributed by atoms with Gasteiger partial charge in [0, 0.05) is 24.1 Å². The molecule has 1 N–H and O–H groups in total. The summed E-state index contributed by atoms with van der Waals surface area (Å²) >= 11 is 0. The van der Waals surface area contributed by atoms with E-state index in [2.05, 4.69) is 13.0 Å². The summed E-state index contributed by atoms with van der Waals surface area (Å²) in [6.07, 6.45) is 6.26. The highest BCUT2D eigenvalue weighted by molar-refractivity contribution is 5.53. The van der Waals surface area contributed by atoms with Crippen molar-refractivity contribution in [1.29, 1.82) is 0 Å². The summed E-state index contributed by atoms with van der Waals surface area (Å²) in [5.41, 5.74) is 4.89. The number of benzene rings is 2. The highest BCUT2D eigenvalue weighted by Gasteiger charge is 2.29. The van der Waals surface area contributed by atoms with Gasteiger partial charge in [0.2, 0.25) is 0 Å². The van der Waals surface area contributed by atoms with Gasteiger partial charge >= 0.3 is 0 Å². The summed E-state index contributed by atoms with van der Waals surface area (Å²) in [5, 5.41) is 12.0. The summed E-state index contributed by atoms with van der Waals surface area (Å²) in [4.78, 5) is 16.8. The van der Waals surface area contributed by atoms with Crippen molar-refractivity contribution in [3.63, 3.8) is 0 Å². The van der Waals surface area contributed by atoms with Gasteiger partial charge in [-0.25, -0.2) is 0 Å². The molecule has 2 aliphatic carbocycles. The third-order valence-electron chi connectivity index (χ3n) is 7.36. The molecule has 10 nitrogen and oxygen atoms in total. The summed E-state index contributed by atoms with van der Waals surface area (Å²) in [5.74, 6) is 3.23. The van der Waals surface area contributed by atoms with Gasteiger partial charge in [-0.3, -0.25) is 19.7 Å². The van der Waals surface area contributed by atoms with Crippen molar-refractivity contribution in [3.8, 4) is 23.0 Å². The lowest BCUT2D eigenvalue weighted by molar-refractivity contribution is -0.387. The molecular formula is C31H48N2O8. The Labute approximate surface area is 244 Å². The van der Waals surface area contributed by atoms with Crippen molar-refractivity contribution < 1.29 is 38.7 Å². The molecule has 0 bridgehead atoms. The maximum Gasteiger partial charge on any atom is 0.164 e. The van der Waals surface area contributed by atoms with Crippen molar-refractivity contribution in [2.75, 3.05) is 48.2 Å². The zero-order valence-corrected chi connectivity index (χ0v) is 25.7. The molecule has 4 rings (SSSR count). The van der Waals surface area contributed by atoms with Crippen LogP contribution >= 0.6 is 0 Å². The highest BCUT2D eigenvalue weighted by Crippen LogP contribution is 2.39. The molecule has 0 heterocycles. The summed E-state index contributed by atoms with van der Waals surface area (Å²) < 4.78 is 21.7. The van der Waals surface area contributed by atoms with Gasteiger partial charge in [0.15, 0.2) is 23.0 Å². The van der Waals surface area contributed by atoms with Crippen LogP contribution in [0.25, 0.3) is 0 Å². The maximum absolute atomic E-state index is 9.41. The Hall–Kier alpha value is -2.60. The molecule has 2 aliphatic rings. The van der Waals surface area contributed by atoms with E-state index in [1.807, 2.05) is 32.0 Å². The van der Waals surface area contributed by atoms with Crippen molar-refractivity contribution in [2.45, 2.75) is 77.9 Å². The van der Waals surface area contributed by atoms with Gasteiger partial charge in [-0.15, -0.1) is 0 Å². The van der Waals surface area contributed by atoms with Crippen LogP contribution in [0.15, 0.2) is 24.3 Å². The van der Waals surface area contributed by atoms with E-state index in [0.717, 1.165) is 73.2 Å². The fourth-order valence-corrected chi connectivity index (χ4v) is 5.39. The average molecular weight is 577 g/mol. The molecule has 0 radical (unpaired) electrons. The summed E-state index contributed by atoms with van der Waals surface area (Å²) in [7, 11) is 6.67. The van der Waals surface area contributed by atoms with Gasteiger partial charge in [-0.05, 0) is 75.6 Å². The molecule has 2 aromatic carbocycles. The molecule has 0 aliphatic heterocycles. The second kappa shape index (κ2) is 16.7. The van der Waals surface area contributed by atoms with E-state index >= 15 is 0 Å². The second-order valence-corrected chi connectivity index (χ2v) is 9.95. The lowest BCUT2D eigenvalue weighted by Gasteiger charge is -2.33. The smallest absolute Gasteiger partial charge is 0.164 e. The lowest BCUT2D eigenvalue weighted by Crippen LogP contribution is -2.39. The summed E-state index contributed by atoms with van der Waals surface area (Å²) in [6, 6.07) is 8.28. The van der Waals surface area contributed by atoms with E-state index in [1.54, 1.807) is 33.7 Å². The van der Waals surface area contributed by atoms with E-state index in [4.69, 9.17) is 33.5 Å². The van der Waals surface area contributed by atoms with E-state index in [0.29, 0.717) is 19.8 Å². The standard InChI is InChI=1S/C17H27NO4.C14H21NO4/c1-5-11-22-18(21-6-2)14-8-9-15-13(12-14)7-10-16(19-3)17(15)20-4;1-4-15(16)19-11-6-7-12-10(9-11)5-8-13(17-2)14(12)18-3/h7,10,14H,5-6,8-9,11-12H2,1-4H3;5,8,11,16H,4,6-7,9H2,1-3H3. The number of methoxy groups -OCH3 is 4. The van der Waals surface area contributed by atoms with Crippen LogP contribution in [0.1, 0.15) is 62.3 Å². The monoisotopic (exact) mass is 576 g/mol. The molecule has 2 unspecified atom stereocenters. The van der Waals surface area contributed by atoms with Crippen LogP contribution in [-0.4, -0.2) is 76.0 Å². The van der Waals surface area contributed by atoms with Crippen molar-refractivity contribution in [2.24, 2.45) is 0 Å². The number of rotatable bonds is 13. The number of hydroxylamine groups is 4. The molecule has 41 heavy (non-hydrogen) atoms. The first-order valence-electron chi connectivity index (χ1n) is 14.6. The minimum atomic E-state index is 0.00977. The number of ether oxygens (including phenoxy) is 4. The second-order valence-electron chi connectivity index (χ2n) is 9.95. The largest absolute Gasteiger partial charge is 0.493 e. The van der Waals surface area contributed by atoms with Gasteiger partial charge in [0.1, 0.15) is 0 Å². The van der Waals surface area contributed by atoms with Crippen molar-refractivity contribution in [1.82, 2.24) is 10.5 Å². The molecule has 0 saturated carbocycles. The Bertz CT molecular complexity index is 1080. The van der Waals surface area contributed by atoms with Gasteiger partial charge < -0.3 is 18.9 Å². The Balaban J connectivity index is 0.000000228. The first-order valence-corrected chi connectivity index (χ1v) is 14.6. The van der Waals surface area contributed by atoms with E-state index < -0.39 is 0 Å². The molecule has 0 amide bonds. The molecular weight excluding hydrogens is 528 g/mol. The lowest BCUT2D eigenvalue weighted by atomic mass is 9.87. The Kier molecular flexibility index (Phi) is 13.4. The van der Waals surface area contributed by atoms with Crippen LogP contribution in [0.2, 0.25) is 0 Å². The van der Waals surface area contributed by atoms with Crippen LogP contribution in [0.4, 0.5) is 0 Å². The minimum Gasteiger partial charge on any atom is -0.493 e. The number of fused-ring (bicyclic) bond motifs is 2. The molecule has 0 aromatic heterocycles. The molecule has 230 valence electrons. The Morgan fingerprint density at radius 3 is 1.85 bits per heavy atom. The quantitative estimate of drug-likeness (QED) is 0.314. The van der Waals surface area contributed by atoms with Gasteiger partial charge in [-0.1, -0.05) is 29.5 Å². The van der Waals surface area contributed by atoms with E-state index in [9.17, 15) is 5.21 Å². The molecule has 0 saturated heterocycles. The number of hydrogen-bond donors (Lipinski definition) is 1. The highest BCUT2D eigenvalue weighted by atomic mass is 16.9. The molecule has 0 fully saturated rings. The van der Waals surface area contributed by atoms with Crippen LogP contribution in [0.3, 0.4) is 0 Å². The first kappa shape index (κ1) is 32.9. The first-order chi connectivity index (χ1) is 19.9. The molecule has 2 aromatic rings. The normalized spacial score (nSPS) is 17.8. The third-order valence-corrected chi connectivity index (χ3v) is 7.36. The van der Waals surface area contributed by atoms with Crippen LogP contribution in [-0.2, 0) is 40.2 Å². The molecule has 10 heteroatoms. The SMILES string of the molecule is CCCON(OCC)C1CCc2c(ccc(OC)c2OC)C1.CCN(O)OC1CCc2c(ccc(OC)c2OC)C1. The van der Waals surface area contributed by atoms with E-state index in [-0.39, 0.29) is 12.1 Å². The Morgan fingerprint density at radius 1 is 0.756 bits per heavy atom. The number of nitrogens with zero attached hydrogens (tertiary/aromatic N) is 2. The molecule has 0 spiro atoms.